The van der Waals surface area contributed by atoms with E-state index in [2.05, 4.69) is 0 Å². The Morgan fingerprint density at radius 2 is 1.65 bits per heavy atom. The van der Waals surface area contributed by atoms with Crippen LogP contribution in [0.25, 0.3) is 0 Å². The standard InChI is InChI=1S/C13H12FNO2/c14-10-6-3-7-11(10)15-12(16)8-4-1-2-5-9(8)13(15)17/h1-2,4-5,10-11H,3,6-7H2/t10-,11-/m0/s1. The SMILES string of the molecule is O=C1c2ccccc2C(=O)N1[C@H]1CCC[C@@H]1F. The monoisotopic (exact) mass is 233 g/mol. The Balaban J connectivity index is 2.00. The topological polar surface area (TPSA) is 37.4 Å². The van der Waals surface area contributed by atoms with E-state index in [4.69, 9.17) is 0 Å². The summed E-state index contributed by atoms with van der Waals surface area (Å²) < 4.78 is 13.7. The summed E-state index contributed by atoms with van der Waals surface area (Å²) in [4.78, 5) is 25.3. The molecule has 2 amide bonds. The van der Waals surface area contributed by atoms with Crippen LogP contribution in [0.4, 0.5) is 4.39 Å². The third-order valence-electron chi connectivity index (χ3n) is 3.55. The molecule has 1 aromatic carbocycles. The van der Waals surface area contributed by atoms with E-state index in [-0.39, 0.29) is 11.8 Å². The minimum Gasteiger partial charge on any atom is -0.269 e. The van der Waals surface area contributed by atoms with E-state index in [1.807, 2.05) is 0 Å². The lowest BCUT2D eigenvalue weighted by Gasteiger charge is -2.23. The average molecular weight is 233 g/mol. The Hall–Kier alpha value is -1.71. The van der Waals surface area contributed by atoms with Gasteiger partial charge in [-0.25, -0.2) is 4.39 Å². The molecule has 0 bridgehead atoms. The molecule has 17 heavy (non-hydrogen) atoms. The Kier molecular flexibility index (Phi) is 2.24. The Morgan fingerprint density at radius 1 is 1.06 bits per heavy atom. The molecule has 0 spiro atoms. The number of nitrogens with zero attached hydrogens (tertiary/aromatic N) is 1. The molecule has 0 N–H and O–H groups in total. The molecule has 3 rings (SSSR count). The first-order valence-corrected chi connectivity index (χ1v) is 5.81. The van der Waals surface area contributed by atoms with Crippen LogP contribution in [0.2, 0.25) is 0 Å². The number of amides is 2. The largest absolute Gasteiger partial charge is 0.269 e. The van der Waals surface area contributed by atoms with E-state index in [0.29, 0.717) is 24.0 Å². The normalized spacial score (nSPS) is 27.7. The second-order valence-electron chi connectivity index (χ2n) is 4.54. The summed E-state index contributed by atoms with van der Waals surface area (Å²) in [7, 11) is 0. The summed E-state index contributed by atoms with van der Waals surface area (Å²) in [5, 5.41) is 0. The van der Waals surface area contributed by atoms with Gasteiger partial charge in [-0.3, -0.25) is 14.5 Å². The van der Waals surface area contributed by atoms with Gasteiger partial charge in [-0.15, -0.1) is 0 Å². The van der Waals surface area contributed by atoms with Gasteiger partial charge in [0.1, 0.15) is 6.17 Å². The van der Waals surface area contributed by atoms with Gasteiger partial charge in [-0.2, -0.15) is 0 Å². The van der Waals surface area contributed by atoms with Gasteiger partial charge in [0.15, 0.2) is 0 Å². The predicted molar refractivity (Wildman–Crippen MR) is 59.5 cm³/mol. The van der Waals surface area contributed by atoms with Crippen molar-refractivity contribution in [2.24, 2.45) is 0 Å². The lowest BCUT2D eigenvalue weighted by atomic mass is 10.1. The van der Waals surface area contributed by atoms with Crippen LogP contribution in [0.1, 0.15) is 40.0 Å². The number of benzene rings is 1. The number of alkyl halides is 1. The molecule has 1 aliphatic heterocycles. The van der Waals surface area contributed by atoms with Crippen LogP contribution in [0.3, 0.4) is 0 Å². The van der Waals surface area contributed by atoms with Gasteiger partial charge in [0.25, 0.3) is 11.8 Å². The van der Waals surface area contributed by atoms with Crippen molar-refractivity contribution in [2.45, 2.75) is 31.5 Å². The summed E-state index contributed by atoms with van der Waals surface area (Å²) >= 11 is 0. The first-order valence-electron chi connectivity index (χ1n) is 5.81. The Morgan fingerprint density at radius 3 is 2.12 bits per heavy atom. The highest BCUT2D eigenvalue weighted by molar-refractivity contribution is 6.21. The number of halogens is 1. The van der Waals surface area contributed by atoms with Crippen LogP contribution in [0.5, 0.6) is 0 Å². The van der Waals surface area contributed by atoms with Crippen molar-refractivity contribution in [1.29, 1.82) is 0 Å². The highest BCUT2D eigenvalue weighted by atomic mass is 19.1. The maximum atomic E-state index is 13.7. The zero-order valence-corrected chi connectivity index (χ0v) is 9.23. The smallest absolute Gasteiger partial charge is 0.261 e. The highest BCUT2D eigenvalue weighted by Gasteiger charge is 2.44. The van der Waals surface area contributed by atoms with Crippen LogP contribution in [0, 0.1) is 0 Å². The maximum Gasteiger partial charge on any atom is 0.261 e. The molecule has 0 radical (unpaired) electrons. The van der Waals surface area contributed by atoms with Crippen LogP contribution in [0.15, 0.2) is 24.3 Å². The van der Waals surface area contributed by atoms with Gasteiger partial charge in [-0.05, 0) is 31.4 Å². The summed E-state index contributed by atoms with van der Waals surface area (Å²) in [5.41, 5.74) is 0.799. The number of hydrogen-bond donors (Lipinski definition) is 0. The van der Waals surface area contributed by atoms with Crippen molar-refractivity contribution in [2.75, 3.05) is 0 Å². The Labute approximate surface area is 98.2 Å². The van der Waals surface area contributed by atoms with E-state index >= 15 is 0 Å². The summed E-state index contributed by atoms with van der Waals surface area (Å²) in [6, 6.07) is 6.11. The summed E-state index contributed by atoms with van der Waals surface area (Å²) in [6.07, 6.45) is 0.682. The molecule has 1 aromatic rings. The van der Waals surface area contributed by atoms with E-state index in [1.165, 1.54) is 0 Å². The third kappa shape index (κ3) is 1.40. The zero-order valence-electron chi connectivity index (χ0n) is 9.23. The van der Waals surface area contributed by atoms with E-state index in [9.17, 15) is 14.0 Å². The van der Waals surface area contributed by atoms with E-state index in [1.54, 1.807) is 24.3 Å². The first-order chi connectivity index (χ1) is 8.20. The molecule has 2 atom stereocenters. The lowest BCUT2D eigenvalue weighted by molar-refractivity contribution is 0.0522. The van der Waals surface area contributed by atoms with Gasteiger partial charge < -0.3 is 0 Å². The van der Waals surface area contributed by atoms with Gasteiger partial charge in [0.2, 0.25) is 0 Å². The molecule has 0 saturated heterocycles. The molecule has 1 heterocycles. The van der Waals surface area contributed by atoms with Gasteiger partial charge >= 0.3 is 0 Å². The summed E-state index contributed by atoms with van der Waals surface area (Å²) in [5.74, 6) is -0.694. The molecule has 1 aliphatic carbocycles. The Bertz CT molecular complexity index is 465. The molecule has 3 nitrogen and oxygen atoms in total. The molecular formula is C13H12FNO2. The highest BCUT2D eigenvalue weighted by Crippen LogP contribution is 2.33. The van der Waals surface area contributed by atoms with Gasteiger partial charge in [-0.1, -0.05) is 12.1 Å². The molecule has 2 aliphatic rings. The number of carbonyl (C=O) groups is 2. The molecule has 0 unspecified atom stereocenters. The minimum atomic E-state index is -1.07. The van der Waals surface area contributed by atoms with Crippen molar-refractivity contribution >= 4 is 11.8 Å². The van der Waals surface area contributed by atoms with Crippen molar-refractivity contribution < 1.29 is 14.0 Å². The van der Waals surface area contributed by atoms with Gasteiger partial charge in [0, 0.05) is 0 Å². The zero-order chi connectivity index (χ0) is 12.0. The van der Waals surface area contributed by atoms with Crippen molar-refractivity contribution in [3.63, 3.8) is 0 Å². The fourth-order valence-electron chi connectivity index (χ4n) is 2.70. The van der Waals surface area contributed by atoms with Crippen LogP contribution < -0.4 is 0 Å². The molecule has 0 aromatic heterocycles. The van der Waals surface area contributed by atoms with Gasteiger partial charge in [0.05, 0.1) is 17.2 Å². The number of carbonyl (C=O) groups excluding carboxylic acids is 2. The third-order valence-corrected chi connectivity index (χ3v) is 3.55. The number of fused-ring (bicyclic) bond motifs is 1. The van der Waals surface area contributed by atoms with Crippen LogP contribution in [-0.4, -0.2) is 28.9 Å². The number of imide groups is 1. The quantitative estimate of drug-likeness (QED) is 0.697. The lowest BCUT2D eigenvalue weighted by Crippen LogP contribution is -2.42. The van der Waals surface area contributed by atoms with E-state index in [0.717, 1.165) is 11.3 Å². The average Bonchev–Trinajstić information content (AvgIpc) is 2.84. The molecule has 1 saturated carbocycles. The second-order valence-corrected chi connectivity index (χ2v) is 4.54. The van der Waals surface area contributed by atoms with E-state index < -0.39 is 12.2 Å². The van der Waals surface area contributed by atoms with Crippen LogP contribution in [-0.2, 0) is 0 Å². The fourth-order valence-corrected chi connectivity index (χ4v) is 2.70. The van der Waals surface area contributed by atoms with Crippen molar-refractivity contribution in [1.82, 2.24) is 4.90 Å². The molecular weight excluding hydrogens is 221 g/mol. The molecule has 88 valence electrons. The van der Waals surface area contributed by atoms with Crippen molar-refractivity contribution in [3.8, 4) is 0 Å². The minimum absolute atomic E-state index is 0.347. The fraction of sp³-hybridized carbons (Fsp3) is 0.385. The van der Waals surface area contributed by atoms with Crippen molar-refractivity contribution in [3.05, 3.63) is 35.4 Å². The summed E-state index contributed by atoms with van der Waals surface area (Å²) in [6.45, 7) is 0. The first kappa shape index (κ1) is 10.4. The van der Waals surface area contributed by atoms with Crippen LogP contribution >= 0.6 is 0 Å². The number of rotatable bonds is 1. The molecule has 1 fully saturated rings. The molecule has 4 heteroatoms. The number of hydrogen-bond acceptors (Lipinski definition) is 2. The maximum absolute atomic E-state index is 13.7. The second kappa shape index (κ2) is 3.65. The predicted octanol–water partition coefficient (Wildman–Crippen LogP) is 2.17.